The monoisotopic (exact) mass is 300 g/mol. The van der Waals surface area contributed by atoms with E-state index in [4.69, 9.17) is 4.74 Å². The number of amides is 1. The summed E-state index contributed by atoms with van der Waals surface area (Å²) in [6.45, 7) is 4.08. The fourth-order valence-corrected chi connectivity index (χ4v) is 1.73. The molecule has 0 aromatic heterocycles. The first-order valence-corrected chi connectivity index (χ1v) is 6.19. The van der Waals surface area contributed by atoms with Crippen LogP contribution in [0.3, 0.4) is 0 Å². The Balaban J connectivity index is 2.62. The summed E-state index contributed by atoms with van der Waals surface area (Å²) in [7, 11) is 1.60. The van der Waals surface area contributed by atoms with Gasteiger partial charge in [-0.2, -0.15) is 0 Å². The minimum Gasteiger partial charge on any atom is -0.495 e. The second-order valence-corrected chi connectivity index (χ2v) is 4.84. The number of methoxy groups -OCH3 is 1. The lowest BCUT2D eigenvalue weighted by molar-refractivity contribution is -0.119. The first-order chi connectivity index (χ1) is 8.02. The van der Waals surface area contributed by atoms with Crippen LogP contribution >= 0.6 is 15.9 Å². The van der Waals surface area contributed by atoms with Gasteiger partial charge in [-0.3, -0.25) is 4.79 Å². The van der Waals surface area contributed by atoms with Gasteiger partial charge >= 0.3 is 0 Å². The summed E-state index contributed by atoms with van der Waals surface area (Å²) >= 11 is 3.38. The molecule has 0 fully saturated rings. The lowest BCUT2D eigenvalue weighted by atomic mass is 10.3. The van der Waals surface area contributed by atoms with E-state index in [0.29, 0.717) is 5.75 Å². The highest BCUT2D eigenvalue weighted by molar-refractivity contribution is 9.10. The molecule has 0 saturated carbocycles. The van der Waals surface area contributed by atoms with Crippen molar-refractivity contribution in [3.8, 4) is 5.75 Å². The van der Waals surface area contributed by atoms with Gasteiger partial charge in [-0.1, -0.05) is 15.9 Å². The van der Waals surface area contributed by atoms with Crippen LogP contribution in [0.1, 0.15) is 13.8 Å². The number of carbonyl (C=O) groups is 1. The third kappa shape index (κ3) is 4.65. The van der Waals surface area contributed by atoms with Crippen molar-refractivity contribution in [3.05, 3.63) is 22.7 Å². The van der Waals surface area contributed by atoms with Gasteiger partial charge in [0.1, 0.15) is 5.75 Å². The first kappa shape index (κ1) is 13.8. The van der Waals surface area contributed by atoms with Crippen LogP contribution in [0.25, 0.3) is 0 Å². The van der Waals surface area contributed by atoms with Crippen LogP contribution in [-0.2, 0) is 4.79 Å². The average Bonchev–Trinajstić information content (AvgIpc) is 2.25. The van der Waals surface area contributed by atoms with E-state index in [1.165, 1.54) is 0 Å². The minimum atomic E-state index is -0.0398. The van der Waals surface area contributed by atoms with E-state index < -0.39 is 0 Å². The van der Waals surface area contributed by atoms with E-state index in [-0.39, 0.29) is 18.5 Å². The number of anilines is 1. The number of benzene rings is 1. The topological polar surface area (TPSA) is 50.4 Å². The molecule has 2 N–H and O–H groups in total. The predicted octanol–water partition coefficient (Wildman–Crippen LogP) is 2.39. The molecule has 94 valence electrons. The predicted molar refractivity (Wildman–Crippen MR) is 72.5 cm³/mol. The highest BCUT2D eigenvalue weighted by Gasteiger charge is 2.06. The van der Waals surface area contributed by atoms with Crippen molar-refractivity contribution >= 4 is 27.5 Å². The second kappa shape index (κ2) is 6.49. The quantitative estimate of drug-likeness (QED) is 0.878. The van der Waals surface area contributed by atoms with Crippen molar-refractivity contribution in [1.29, 1.82) is 0 Å². The first-order valence-electron chi connectivity index (χ1n) is 5.39. The summed E-state index contributed by atoms with van der Waals surface area (Å²) in [5, 5.41) is 5.85. The van der Waals surface area contributed by atoms with Crippen LogP contribution < -0.4 is 15.4 Å². The molecule has 17 heavy (non-hydrogen) atoms. The van der Waals surface area contributed by atoms with Crippen molar-refractivity contribution in [3.63, 3.8) is 0 Å². The van der Waals surface area contributed by atoms with Crippen LogP contribution in [0, 0.1) is 0 Å². The SMILES string of the molecule is COc1ccc(Br)cc1NCC(=O)NC(C)C. The van der Waals surface area contributed by atoms with Gasteiger partial charge in [0.25, 0.3) is 0 Å². The molecule has 0 unspecified atom stereocenters. The lowest BCUT2D eigenvalue weighted by Crippen LogP contribution is -2.34. The number of nitrogens with one attached hydrogen (secondary N) is 2. The molecule has 0 atom stereocenters. The standard InChI is InChI=1S/C12H17BrN2O2/c1-8(2)15-12(16)7-14-10-6-9(13)4-5-11(10)17-3/h4-6,8,14H,7H2,1-3H3,(H,15,16). The molecule has 5 heteroatoms. The molecule has 0 aliphatic carbocycles. The van der Waals surface area contributed by atoms with Gasteiger partial charge in [0.15, 0.2) is 0 Å². The summed E-state index contributed by atoms with van der Waals surface area (Å²) in [5.74, 6) is 0.674. The average molecular weight is 301 g/mol. The Morgan fingerprint density at radius 1 is 1.47 bits per heavy atom. The highest BCUT2D eigenvalue weighted by Crippen LogP contribution is 2.27. The third-order valence-corrected chi connectivity index (χ3v) is 2.54. The maximum Gasteiger partial charge on any atom is 0.239 e. The lowest BCUT2D eigenvalue weighted by Gasteiger charge is -2.12. The normalized spacial score (nSPS) is 10.2. The summed E-state index contributed by atoms with van der Waals surface area (Å²) in [6, 6.07) is 5.75. The van der Waals surface area contributed by atoms with E-state index in [1.807, 2.05) is 32.0 Å². The molecule has 0 aliphatic heterocycles. The van der Waals surface area contributed by atoms with Crippen molar-refractivity contribution in [2.45, 2.75) is 19.9 Å². The molecule has 0 aliphatic rings. The van der Waals surface area contributed by atoms with Crippen LogP contribution in [0.5, 0.6) is 5.75 Å². The van der Waals surface area contributed by atoms with Crippen molar-refractivity contribution in [1.82, 2.24) is 5.32 Å². The zero-order valence-electron chi connectivity index (χ0n) is 10.2. The Morgan fingerprint density at radius 3 is 2.76 bits per heavy atom. The zero-order valence-corrected chi connectivity index (χ0v) is 11.8. The highest BCUT2D eigenvalue weighted by atomic mass is 79.9. The minimum absolute atomic E-state index is 0.0398. The Morgan fingerprint density at radius 2 is 2.18 bits per heavy atom. The van der Waals surface area contributed by atoms with Crippen LogP contribution in [0.15, 0.2) is 22.7 Å². The number of hydrogen-bond acceptors (Lipinski definition) is 3. The van der Waals surface area contributed by atoms with Gasteiger partial charge in [0, 0.05) is 10.5 Å². The number of hydrogen-bond donors (Lipinski definition) is 2. The molecule has 0 bridgehead atoms. The maximum atomic E-state index is 11.5. The molecule has 1 amide bonds. The molecule has 4 nitrogen and oxygen atoms in total. The number of carbonyl (C=O) groups excluding carboxylic acids is 1. The molecule has 0 radical (unpaired) electrons. The molecular weight excluding hydrogens is 284 g/mol. The number of ether oxygens (including phenoxy) is 1. The smallest absolute Gasteiger partial charge is 0.239 e. The van der Waals surface area contributed by atoms with Crippen LogP contribution in [0.4, 0.5) is 5.69 Å². The molecule has 1 rings (SSSR count). The Kier molecular flexibility index (Phi) is 5.28. The van der Waals surface area contributed by atoms with Gasteiger partial charge in [0.2, 0.25) is 5.91 Å². The van der Waals surface area contributed by atoms with E-state index >= 15 is 0 Å². The van der Waals surface area contributed by atoms with E-state index in [1.54, 1.807) is 7.11 Å². The summed E-state index contributed by atoms with van der Waals surface area (Å²) in [5.41, 5.74) is 0.792. The molecule has 1 aromatic rings. The Labute approximate surface area is 110 Å². The third-order valence-electron chi connectivity index (χ3n) is 2.05. The molecule has 0 saturated heterocycles. The summed E-state index contributed by atoms with van der Waals surface area (Å²) < 4.78 is 6.13. The molecule has 1 aromatic carbocycles. The number of halogens is 1. The Hall–Kier alpha value is -1.23. The number of rotatable bonds is 5. The largest absolute Gasteiger partial charge is 0.495 e. The fraction of sp³-hybridized carbons (Fsp3) is 0.417. The van der Waals surface area contributed by atoms with Crippen molar-refractivity contribution in [2.75, 3.05) is 19.0 Å². The van der Waals surface area contributed by atoms with E-state index in [0.717, 1.165) is 10.2 Å². The van der Waals surface area contributed by atoms with Gasteiger partial charge < -0.3 is 15.4 Å². The molecular formula is C12H17BrN2O2. The summed E-state index contributed by atoms with van der Waals surface area (Å²) in [6.07, 6.45) is 0. The molecule has 0 heterocycles. The van der Waals surface area contributed by atoms with Crippen LogP contribution in [-0.4, -0.2) is 25.6 Å². The van der Waals surface area contributed by atoms with E-state index in [9.17, 15) is 4.79 Å². The van der Waals surface area contributed by atoms with Crippen molar-refractivity contribution in [2.24, 2.45) is 0 Å². The van der Waals surface area contributed by atoms with Crippen LogP contribution in [0.2, 0.25) is 0 Å². The maximum absolute atomic E-state index is 11.5. The van der Waals surface area contributed by atoms with Gasteiger partial charge in [-0.05, 0) is 32.0 Å². The van der Waals surface area contributed by atoms with Gasteiger partial charge in [-0.15, -0.1) is 0 Å². The Bertz CT molecular complexity index is 394. The summed E-state index contributed by atoms with van der Waals surface area (Å²) in [4.78, 5) is 11.5. The molecule has 0 spiro atoms. The van der Waals surface area contributed by atoms with Gasteiger partial charge in [-0.25, -0.2) is 0 Å². The zero-order chi connectivity index (χ0) is 12.8. The van der Waals surface area contributed by atoms with Crippen molar-refractivity contribution < 1.29 is 9.53 Å². The van der Waals surface area contributed by atoms with Gasteiger partial charge in [0.05, 0.1) is 19.3 Å². The van der Waals surface area contributed by atoms with E-state index in [2.05, 4.69) is 26.6 Å². The second-order valence-electron chi connectivity index (χ2n) is 3.92. The fourth-order valence-electron chi connectivity index (χ4n) is 1.37.